The fourth-order valence-corrected chi connectivity index (χ4v) is 3.36. The first-order chi connectivity index (χ1) is 7.93. The molecule has 2 fully saturated rings. The van der Waals surface area contributed by atoms with Gasteiger partial charge in [0.25, 0.3) is 0 Å². The summed E-state index contributed by atoms with van der Waals surface area (Å²) < 4.78 is 5.53. The van der Waals surface area contributed by atoms with Gasteiger partial charge in [-0.15, -0.1) is 0 Å². The molecule has 3 nitrogen and oxygen atoms in total. The number of aliphatic hydroxyl groups excluding tert-OH is 1. The Morgan fingerprint density at radius 2 is 1.71 bits per heavy atom. The fourth-order valence-electron chi connectivity index (χ4n) is 3.36. The van der Waals surface area contributed by atoms with Crippen molar-refractivity contribution in [1.29, 1.82) is 0 Å². The van der Waals surface area contributed by atoms with E-state index >= 15 is 0 Å². The summed E-state index contributed by atoms with van der Waals surface area (Å²) in [6.45, 7) is 5.85. The van der Waals surface area contributed by atoms with Gasteiger partial charge < -0.3 is 14.9 Å². The molecule has 2 aliphatic rings. The highest BCUT2D eigenvalue weighted by molar-refractivity contribution is 5.03. The van der Waals surface area contributed by atoms with Crippen molar-refractivity contribution in [2.45, 2.75) is 58.0 Å². The van der Waals surface area contributed by atoms with Gasteiger partial charge in [-0.1, -0.05) is 13.8 Å². The van der Waals surface area contributed by atoms with Gasteiger partial charge in [-0.05, 0) is 43.9 Å². The predicted molar refractivity (Wildman–Crippen MR) is 66.8 cm³/mol. The van der Waals surface area contributed by atoms with Gasteiger partial charge in [-0.3, -0.25) is 0 Å². The highest BCUT2D eigenvalue weighted by atomic mass is 16.5. The van der Waals surface area contributed by atoms with Gasteiger partial charge in [0.1, 0.15) is 0 Å². The van der Waals surface area contributed by atoms with E-state index in [9.17, 15) is 10.2 Å². The SMILES string of the molecule is CC1(C)CCC(O)(C2(CO)CCCOC2)CC1. The second-order valence-corrected chi connectivity index (χ2v) is 6.79. The molecule has 0 radical (unpaired) electrons. The predicted octanol–water partition coefficient (Wildman–Crippen LogP) is 2.11. The van der Waals surface area contributed by atoms with Crippen LogP contribution in [0.4, 0.5) is 0 Å². The lowest BCUT2D eigenvalue weighted by Gasteiger charge is -2.52. The van der Waals surface area contributed by atoms with Crippen LogP contribution in [0.2, 0.25) is 0 Å². The zero-order valence-electron chi connectivity index (χ0n) is 11.2. The summed E-state index contributed by atoms with van der Waals surface area (Å²) in [6.07, 6.45) is 5.50. The molecule has 0 spiro atoms. The maximum Gasteiger partial charge on any atom is 0.0748 e. The van der Waals surface area contributed by atoms with E-state index in [4.69, 9.17) is 4.74 Å². The summed E-state index contributed by atoms with van der Waals surface area (Å²) in [5, 5.41) is 20.7. The number of hydrogen-bond donors (Lipinski definition) is 2. The third-order valence-corrected chi connectivity index (χ3v) is 5.04. The van der Waals surface area contributed by atoms with E-state index in [1.165, 1.54) is 0 Å². The number of ether oxygens (including phenoxy) is 1. The van der Waals surface area contributed by atoms with E-state index in [1.54, 1.807) is 0 Å². The van der Waals surface area contributed by atoms with Gasteiger partial charge in [0, 0.05) is 12.0 Å². The molecule has 100 valence electrons. The summed E-state index contributed by atoms with van der Waals surface area (Å²) >= 11 is 0. The molecule has 2 rings (SSSR count). The second-order valence-electron chi connectivity index (χ2n) is 6.79. The van der Waals surface area contributed by atoms with Crippen LogP contribution in [0.1, 0.15) is 52.4 Å². The van der Waals surface area contributed by atoms with Crippen LogP contribution in [0, 0.1) is 10.8 Å². The molecule has 1 saturated heterocycles. The number of rotatable bonds is 2. The molecule has 0 bridgehead atoms. The maximum atomic E-state index is 10.9. The lowest BCUT2D eigenvalue weighted by Crippen LogP contribution is -2.57. The number of hydrogen-bond acceptors (Lipinski definition) is 3. The Bertz CT molecular complexity index is 257. The van der Waals surface area contributed by atoms with E-state index in [0.717, 1.165) is 45.1 Å². The zero-order valence-corrected chi connectivity index (χ0v) is 11.2. The molecule has 17 heavy (non-hydrogen) atoms. The van der Waals surface area contributed by atoms with Gasteiger partial charge in [-0.25, -0.2) is 0 Å². The fraction of sp³-hybridized carbons (Fsp3) is 1.00. The monoisotopic (exact) mass is 242 g/mol. The van der Waals surface area contributed by atoms with Crippen LogP contribution in [-0.4, -0.2) is 35.6 Å². The Balaban J connectivity index is 2.13. The second kappa shape index (κ2) is 4.52. The van der Waals surface area contributed by atoms with Crippen LogP contribution in [0.5, 0.6) is 0 Å². The van der Waals surface area contributed by atoms with Crippen molar-refractivity contribution in [1.82, 2.24) is 0 Å². The normalized spacial score (nSPS) is 36.7. The van der Waals surface area contributed by atoms with Gasteiger partial charge >= 0.3 is 0 Å². The minimum Gasteiger partial charge on any atom is -0.396 e. The summed E-state index contributed by atoms with van der Waals surface area (Å²) in [6, 6.07) is 0. The first-order valence-electron chi connectivity index (χ1n) is 6.84. The lowest BCUT2D eigenvalue weighted by molar-refractivity contribution is -0.189. The molecule has 0 aromatic carbocycles. The van der Waals surface area contributed by atoms with Gasteiger partial charge in [0.2, 0.25) is 0 Å². The van der Waals surface area contributed by atoms with E-state index in [2.05, 4.69) is 13.8 Å². The van der Waals surface area contributed by atoms with Crippen LogP contribution in [0.15, 0.2) is 0 Å². The number of aliphatic hydroxyl groups is 2. The quantitative estimate of drug-likeness (QED) is 0.779. The summed E-state index contributed by atoms with van der Waals surface area (Å²) in [5.41, 5.74) is -0.808. The molecule has 0 amide bonds. The van der Waals surface area contributed by atoms with Gasteiger partial charge in [0.15, 0.2) is 0 Å². The highest BCUT2D eigenvalue weighted by Gasteiger charge is 2.53. The first kappa shape index (κ1) is 13.3. The molecular weight excluding hydrogens is 216 g/mol. The van der Waals surface area contributed by atoms with Gasteiger partial charge in [-0.2, -0.15) is 0 Å². The molecule has 1 saturated carbocycles. The largest absolute Gasteiger partial charge is 0.396 e. The van der Waals surface area contributed by atoms with E-state index < -0.39 is 11.0 Å². The standard InChI is InChI=1S/C14H26O3/c1-12(2)5-7-14(16,8-6-12)13(10-15)4-3-9-17-11-13/h15-16H,3-11H2,1-2H3. The Hall–Kier alpha value is -0.120. The average molecular weight is 242 g/mol. The van der Waals surface area contributed by atoms with Crippen LogP contribution in [0.3, 0.4) is 0 Å². The van der Waals surface area contributed by atoms with E-state index in [0.29, 0.717) is 12.0 Å². The van der Waals surface area contributed by atoms with Crippen molar-refractivity contribution in [3.05, 3.63) is 0 Å². The highest BCUT2D eigenvalue weighted by Crippen LogP contribution is 2.50. The Labute approximate surface area is 104 Å². The molecular formula is C14H26O3. The molecule has 0 aromatic heterocycles. The molecule has 1 aliphatic heterocycles. The molecule has 1 atom stereocenters. The Morgan fingerprint density at radius 3 is 2.18 bits per heavy atom. The van der Waals surface area contributed by atoms with Crippen LogP contribution < -0.4 is 0 Å². The molecule has 1 aliphatic carbocycles. The Kier molecular flexibility index (Phi) is 3.54. The third kappa shape index (κ3) is 2.38. The van der Waals surface area contributed by atoms with Crippen LogP contribution in [-0.2, 0) is 4.74 Å². The van der Waals surface area contributed by atoms with Crippen molar-refractivity contribution >= 4 is 0 Å². The molecule has 2 N–H and O–H groups in total. The molecule has 0 aromatic rings. The molecule has 3 heteroatoms. The third-order valence-electron chi connectivity index (χ3n) is 5.04. The van der Waals surface area contributed by atoms with Crippen LogP contribution in [0.25, 0.3) is 0 Å². The smallest absolute Gasteiger partial charge is 0.0748 e. The minimum absolute atomic E-state index is 0.0456. The van der Waals surface area contributed by atoms with E-state index in [1.807, 2.05) is 0 Å². The van der Waals surface area contributed by atoms with Crippen molar-refractivity contribution < 1.29 is 14.9 Å². The van der Waals surface area contributed by atoms with Crippen molar-refractivity contribution in [2.24, 2.45) is 10.8 Å². The summed E-state index contributed by atoms with van der Waals surface area (Å²) in [4.78, 5) is 0. The minimum atomic E-state index is -0.725. The maximum absolute atomic E-state index is 10.9. The van der Waals surface area contributed by atoms with Crippen molar-refractivity contribution in [3.8, 4) is 0 Å². The van der Waals surface area contributed by atoms with Crippen molar-refractivity contribution in [2.75, 3.05) is 19.8 Å². The summed E-state index contributed by atoms with van der Waals surface area (Å²) in [5.74, 6) is 0. The Morgan fingerprint density at radius 1 is 1.06 bits per heavy atom. The van der Waals surface area contributed by atoms with Crippen LogP contribution >= 0.6 is 0 Å². The molecule has 1 heterocycles. The summed E-state index contributed by atoms with van der Waals surface area (Å²) in [7, 11) is 0. The zero-order chi connectivity index (χ0) is 12.6. The lowest BCUT2D eigenvalue weighted by atomic mass is 9.59. The first-order valence-corrected chi connectivity index (χ1v) is 6.84. The van der Waals surface area contributed by atoms with E-state index in [-0.39, 0.29) is 6.61 Å². The van der Waals surface area contributed by atoms with Gasteiger partial charge in [0.05, 0.1) is 18.8 Å². The topological polar surface area (TPSA) is 49.7 Å². The molecule has 1 unspecified atom stereocenters. The van der Waals surface area contributed by atoms with Crippen molar-refractivity contribution in [3.63, 3.8) is 0 Å². The average Bonchev–Trinajstić information content (AvgIpc) is 2.34.